The second kappa shape index (κ2) is 7.78. The van der Waals surface area contributed by atoms with E-state index in [0.29, 0.717) is 46.9 Å². The average Bonchev–Trinajstić information content (AvgIpc) is 3.61. The Morgan fingerprint density at radius 3 is 2.63 bits per heavy atom. The van der Waals surface area contributed by atoms with Crippen molar-refractivity contribution in [1.29, 1.82) is 0 Å². The van der Waals surface area contributed by atoms with E-state index in [2.05, 4.69) is 0 Å². The monoisotopic (exact) mass is 469 g/mol. The van der Waals surface area contributed by atoms with E-state index >= 15 is 0 Å². The first kappa shape index (κ1) is 20.4. The third kappa shape index (κ3) is 3.26. The summed E-state index contributed by atoms with van der Waals surface area (Å²) in [5, 5.41) is 0.489. The Hall–Kier alpha value is -3.98. The zero-order valence-corrected chi connectivity index (χ0v) is 19.2. The molecule has 2 aliphatic heterocycles. The van der Waals surface area contributed by atoms with Gasteiger partial charge in [-0.25, -0.2) is 15.0 Å². The minimum Gasteiger partial charge on any atom is -0.454 e. The Morgan fingerprint density at radius 1 is 0.971 bits per heavy atom. The number of para-hydroxylation sites is 2. The summed E-state index contributed by atoms with van der Waals surface area (Å²) in [7, 11) is 0. The van der Waals surface area contributed by atoms with Gasteiger partial charge in [-0.3, -0.25) is 9.36 Å². The molecule has 176 valence electrons. The molecule has 3 aromatic heterocycles. The highest BCUT2D eigenvalue weighted by Crippen LogP contribution is 2.34. The van der Waals surface area contributed by atoms with Crippen LogP contribution in [0.3, 0.4) is 0 Å². The lowest BCUT2D eigenvalue weighted by Crippen LogP contribution is -2.29. The van der Waals surface area contributed by atoms with Gasteiger partial charge in [0.15, 0.2) is 22.8 Å². The number of ether oxygens (including phenoxy) is 3. The van der Waals surface area contributed by atoms with Crippen LogP contribution in [0.25, 0.3) is 33.2 Å². The smallest absolute Gasteiger partial charge is 0.265 e. The molecule has 0 radical (unpaired) electrons. The highest BCUT2D eigenvalue weighted by molar-refractivity contribution is 6.04. The van der Waals surface area contributed by atoms with Gasteiger partial charge in [0.25, 0.3) is 5.56 Å². The second-order valence-electron chi connectivity index (χ2n) is 9.07. The largest absolute Gasteiger partial charge is 0.454 e. The fraction of sp³-hybridized carbons (Fsp3) is 0.308. The molecule has 1 atom stereocenters. The molecule has 35 heavy (non-hydrogen) atoms. The highest BCUT2D eigenvalue weighted by Gasteiger charge is 2.24. The predicted molar refractivity (Wildman–Crippen MR) is 130 cm³/mol. The molecule has 0 spiro atoms. The summed E-state index contributed by atoms with van der Waals surface area (Å²) < 4.78 is 20.5. The first-order valence-corrected chi connectivity index (χ1v) is 11.8. The summed E-state index contributed by atoms with van der Waals surface area (Å²) in [5.74, 6) is 2.09. The molecular weight excluding hydrogens is 446 g/mol. The van der Waals surface area contributed by atoms with Crippen LogP contribution in [0.5, 0.6) is 11.5 Å². The first-order chi connectivity index (χ1) is 17.2. The van der Waals surface area contributed by atoms with Gasteiger partial charge in [-0.1, -0.05) is 18.2 Å². The van der Waals surface area contributed by atoms with Gasteiger partial charge in [-0.05, 0) is 49.6 Å². The summed E-state index contributed by atoms with van der Waals surface area (Å²) in [6, 6.07) is 13.6. The molecule has 7 rings (SSSR count). The number of benzene rings is 2. The maximum atomic E-state index is 13.9. The minimum absolute atomic E-state index is 0.0274. The molecule has 5 heterocycles. The minimum atomic E-state index is -0.109. The van der Waals surface area contributed by atoms with Crippen LogP contribution < -0.4 is 15.0 Å². The molecule has 9 heteroatoms. The molecule has 0 bridgehead atoms. The van der Waals surface area contributed by atoms with Crippen LogP contribution in [0.2, 0.25) is 0 Å². The third-order valence-electron chi connectivity index (χ3n) is 6.83. The number of fused-ring (bicyclic) bond motifs is 5. The van der Waals surface area contributed by atoms with Crippen molar-refractivity contribution in [3.8, 4) is 11.5 Å². The van der Waals surface area contributed by atoms with Crippen molar-refractivity contribution >= 4 is 33.2 Å². The molecule has 0 saturated carbocycles. The van der Waals surface area contributed by atoms with Gasteiger partial charge in [0.2, 0.25) is 6.79 Å². The lowest BCUT2D eigenvalue weighted by molar-refractivity contribution is 0.0955. The molecule has 0 unspecified atom stereocenters. The molecule has 0 N–H and O–H groups in total. The van der Waals surface area contributed by atoms with Crippen molar-refractivity contribution in [1.82, 2.24) is 24.1 Å². The zero-order chi connectivity index (χ0) is 23.5. The van der Waals surface area contributed by atoms with E-state index in [0.717, 1.165) is 41.8 Å². The molecular formula is C26H23N5O4. The molecule has 0 aliphatic carbocycles. The lowest BCUT2D eigenvalue weighted by atomic mass is 10.2. The SMILES string of the molecule is Cc1nc2c(c(=O)n1C[C@@H]1CCCO1)c1nc3ccccc3nc1n2Cc1ccc2c(c1)OCO2. The highest BCUT2D eigenvalue weighted by atomic mass is 16.7. The first-order valence-electron chi connectivity index (χ1n) is 11.8. The number of hydrogen-bond acceptors (Lipinski definition) is 7. The summed E-state index contributed by atoms with van der Waals surface area (Å²) >= 11 is 0. The number of nitrogens with zero attached hydrogens (tertiary/aromatic N) is 5. The van der Waals surface area contributed by atoms with E-state index in [-0.39, 0.29) is 18.5 Å². The molecule has 1 saturated heterocycles. The van der Waals surface area contributed by atoms with Gasteiger partial charge < -0.3 is 18.8 Å². The summed E-state index contributed by atoms with van der Waals surface area (Å²) in [6.07, 6.45) is 1.99. The van der Waals surface area contributed by atoms with Crippen LogP contribution in [-0.4, -0.2) is 43.6 Å². The standard InChI is InChI=1S/C26H23N5O4/c1-15-27-24-22(26(32)30(15)13-17-5-4-10-33-17)23-25(29-19-7-3-2-6-18(19)28-23)31(24)12-16-8-9-20-21(11-16)35-14-34-20/h2-3,6-9,11,17H,4-5,10,12-14H2,1H3/t17-/m0/s1. The van der Waals surface area contributed by atoms with Crippen molar-refractivity contribution in [3.05, 3.63) is 64.2 Å². The van der Waals surface area contributed by atoms with Crippen LogP contribution in [0, 0.1) is 6.92 Å². The van der Waals surface area contributed by atoms with E-state index < -0.39 is 0 Å². The number of rotatable bonds is 4. The Kier molecular flexibility index (Phi) is 4.53. The molecule has 5 aromatic rings. The fourth-order valence-electron chi connectivity index (χ4n) is 5.08. The van der Waals surface area contributed by atoms with E-state index in [1.54, 1.807) is 4.57 Å². The normalized spacial score (nSPS) is 17.2. The van der Waals surface area contributed by atoms with E-state index in [9.17, 15) is 4.79 Å². The van der Waals surface area contributed by atoms with Crippen molar-refractivity contribution < 1.29 is 14.2 Å². The van der Waals surface area contributed by atoms with Crippen LogP contribution in [0.1, 0.15) is 24.2 Å². The topological polar surface area (TPSA) is 93.3 Å². The van der Waals surface area contributed by atoms with E-state index in [1.807, 2.05) is 54.0 Å². The van der Waals surface area contributed by atoms with Crippen LogP contribution in [-0.2, 0) is 17.8 Å². The number of hydrogen-bond donors (Lipinski definition) is 0. The van der Waals surface area contributed by atoms with Gasteiger partial charge in [-0.15, -0.1) is 0 Å². The molecule has 0 amide bonds. The van der Waals surface area contributed by atoms with Crippen LogP contribution in [0.4, 0.5) is 0 Å². The molecule has 2 aromatic carbocycles. The quantitative estimate of drug-likeness (QED) is 0.397. The van der Waals surface area contributed by atoms with Gasteiger partial charge in [0.1, 0.15) is 16.7 Å². The Balaban J connectivity index is 1.47. The average molecular weight is 470 g/mol. The Labute approximate surface area is 199 Å². The van der Waals surface area contributed by atoms with Crippen molar-refractivity contribution in [2.24, 2.45) is 0 Å². The van der Waals surface area contributed by atoms with Crippen LogP contribution >= 0.6 is 0 Å². The maximum Gasteiger partial charge on any atom is 0.265 e. The summed E-state index contributed by atoms with van der Waals surface area (Å²) in [4.78, 5) is 28.6. The van der Waals surface area contributed by atoms with E-state index in [4.69, 9.17) is 29.2 Å². The number of aryl methyl sites for hydroxylation is 1. The lowest BCUT2D eigenvalue weighted by Gasteiger charge is -2.14. The van der Waals surface area contributed by atoms with Crippen LogP contribution in [0.15, 0.2) is 47.3 Å². The zero-order valence-electron chi connectivity index (χ0n) is 19.2. The summed E-state index contributed by atoms with van der Waals surface area (Å²) in [5.41, 5.74) is 4.18. The predicted octanol–water partition coefficient (Wildman–Crippen LogP) is 3.56. The van der Waals surface area contributed by atoms with Crippen molar-refractivity contribution in [2.45, 2.75) is 39.0 Å². The fourth-order valence-corrected chi connectivity index (χ4v) is 5.08. The van der Waals surface area contributed by atoms with Gasteiger partial charge in [-0.2, -0.15) is 0 Å². The Morgan fingerprint density at radius 2 is 1.80 bits per heavy atom. The van der Waals surface area contributed by atoms with Crippen molar-refractivity contribution in [2.75, 3.05) is 13.4 Å². The molecule has 1 fully saturated rings. The van der Waals surface area contributed by atoms with Gasteiger partial charge in [0.05, 0.1) is 30.2 Å². The molecule has 2 aliphatic rings. The summed E-state index contributed by atoms with van der Waals surface area (Å²) in [6.45, 7) is 3.78. The maximum absolute atomic E-state index is 13.9. The van der Waals surface area contributed by atoms with E-state index in [1.165, 1.54) is 0 Å². The number of aromatic nitrogens is 5. The van der Waals surface area contributed by atoms with Gasteiger partial charge >= 0.3 is 0 Å². The van der Waals surface area contributed by atoms with Crippen molar-refractivity contribution in [3.63, 3.8) is 0 Å². The molecule has 9 nitrogen and oxygen atoms in total. The third-order valence-corrected chi connectivity index (χ3v) is 6.83. The van der Waals surface area contributed by atoms with Gasteiger partial charge in [0, 0.05) is 6.61 Å². The second-order valence-corrected chi connectivity index (χ2v) is 9.07. The Bertz CT molecular complexity index is 1680.